The summed E-state index contributed by atoms with van der Waals surface area (Å²) in [6.45, 7) is -0.280. The van der Waals surface area contributed by atoms with Crippen LogP contribution in [0.3, 0.4) is 0 Å². The van der Waals surface area contributed by atoms with Crippen LogP contribution in [0.4, 0.5) is 0 Å². The molecule has 0 aromatic rings. The Balaban J connectivity index is 2.29. The van der Waals surface area contributed by atoms with Crippen LogP contribution in [0.2, 0.25) is 0 Å². The maximum atomic E-state index is 9.11. The highest BCUT2D eigenvalue weighted by Crippen LogP contribution is 2.21. The average molecular weight is 162 g/mol. The van der Waals surface area contributed by atoms with E-state index in [4.69, 9.17) is 20.1 Å². The maximum Gasteiger partial charge on any atom is 0.103 e. The second kappa shape index (κ2) is 4.01. The fraction of sp³-hybridized carbons (Fsp3) is 1.00. The molecule has 11 heavy (non-hydrogen) atoms. The van der Waals surface area contributed by atoms with Crippen molar-refractivity contribution in [2.24, 2.45) is 0 Å². The van der Waals surface area contributed by atoms with Crippen molar-refractivity contribution < 1.29 is 20.1 Å². The quantitative estimate of drug-likeness (QED) is 0.491. The highest BCUT2D eigenvalue weighted by Gasteiger charge is 2.29. The van der Waals surface area contributed by atoms with Crippen molar-refractivity contribution in [1.29, 1.82) is 0 Å². The number of aliphatic hydroxyl groups is 3. The molecular formula is C7H14O4. The van der Waals surface area contributed by atoms with Gasteiger partial charge in [0.05, 0.1) is 25.4 Å². The van der Waals surface area contributed by atoms with Crippen LogP contribution in [-0.4, -0.2) is 46.8 Å². The van der Waals surface area contributed by atoms with Crippen molar-refractivity contribution in [2.45, 2.75) is 31.2 Å². The molecular weight excluding hydrogens is 148 g/mol. The maximum absolute atomic E-state index is 9.11. The lowest BCUT2D eigenvalue weighted by Gasteiger charge is -2.15. The molecule has 66 valence electrons. The molecule has 3 atom stereocenters. The fourth-order valence-electron chi connectivity index (χ4n) is 1.27. The summed E-state index contributed by atoms with van der Waals surface area (Å²) in [5, 5.41) is 26.3. The molecule has 0 aliphatic carbocycles. The van der Waals surface area contributed by atoms with Gasteiger partial charge in [0, 0.05) is 0 Å². The number of hydrogen-bond acceptors (Lipinski definition) is 4. The molecule has 1 aliphatic rings. The summed E-state index contributed by atoms with van der Waals surface area (Å²) in [6.07, 6.45) is 0.232. The average Bonchev–Trinajstić information content (AvgIpc) is 2.50. The van der Waals surface area contributed by atoms with E-state index in [0.29, 0.717) is 6.42 Å². The first-order chi connectivity index (χ1) is 5.27. The molecule has 1 heterocycles. The Morgan fingerprint density at radius 1 is 1.36 bits per heavy atom. The Hall–Kier alpha value is -0.160. The smallest absolute Gasteiger partial charge is 0.103 e. The first-order valence-electron chi connectivity index (χ1n) is 3.83. The summed E-state index contributed by atoms with van der Waals surface area (Å²) in [5.41, 5.74) is 0. The Morgan fingerprint density at radius 3 is 2.55 bits per heavy atom. The Bertz CT molecular complexity index is 117. The molecule has 0 aromatic carbocycles. The van der Waals surface area contributed by atoms with Gasteiger partial charge in [-0.15, -0.1) is 0 Å². The summed E-state index contributed by atoms with van der Waals surface area (Å²) < 4.78 is 5.20. The highest BCUT2D eigenvalue weighted by molar-refractivity contribution is 4.78. The molecule has 0 unspecified atom stereocenters. The summed E-state index contributed by atoms with van der Waals surface area (Å²) in [5.74, 6) is 0. The van der Waals surface area contributed by atoms with E-state index in [1.54, 1.807) is 0 Å². The van der Waals surface area contributed by atoms with E-state index < -0.39 is 6.10 Å². The molecule has 0 saturated carbocycles. The Morgan fingerprint density at radius 2 is 2.09 bits per heavy atom. The Labute approximate surface area is 65.4 Å². The normalized spacial score (nSPS) is 34.1. The second-order valence-electron chi connectivity index (χ2n) is 2.81. The minimum atomic E-state index is -0.799. The van der Waals surface area contributed by atoms with Gasteiger partial charge in [0.2, 0.25) is 0 Å². The van der Waals surface area contributed by atoms with Gasteiger partial charge in [0.1, 0.15) is 6.10 Å². The van der Waals surface area contributed by atoms with Gasteiger partial charge in [-0.25, -0.2) is 0 Å². The number of aliphatic hydroxyl groups excluding tert-OH is 3. The molecule has 4 nitrogen and oxygen atoms in total. The first-order valence-corrected chi connectivity index (χ1v) is 3.83. The molecule has 0 radical (unpaired) electrons. The van der Waals surface area contributed by atoms with Gasteiger partial charge in [-0.3, -0.25) is 0 Å². The van der Waals surface area contributed by atoms with Crippen LogP contribution < -0.4 is 0 Å². The SMILES string of the molecule is OC[C@H]1CC[C@@H]([C@@H](O)CO)O1. The van der Waals surface area contributed by atoms with E-state index in [-0.39, 0.29) is 25.4 Å². The zero-order chi connectivity index (χ0) is 8.27. The van der Waals surface area contributed by atoms with E-state index >= 15 is 0 Å². The number of ether oxygens (including phenoxy) is 1. The zero-order valence-corrected chi connectivity index (χ0v) is 6.31. The van der Waals surface area contributed by atoms with Gasteiger partial charge >= 0.3 is 0 Å². The predicted molar refractivity (Wildman–Crippen MR) is 38.1 cm³/mol. The van der Waals surface area contributed by atoms with Crippen molar-refractivity contribution >= 4 is 0 Å². The van der Waals surface area contributed by atoms with Crippen LogP contribution >= 0.6 is 0 Å². The second-order valence-corrected chi connectivity index (χ2v) is 2.81. The fourth-order valence-corrected chi connectivity index (χ4v) is 1.27. The first kappa shape index (κ1) is 8.93. The third-order valence-electron chi connectivity index (χ3n) is 1.96. The van der Waals surface area contributed by atoms with Crippen LogP contribution in [0.25, 0.3) is 0 Å². The van der Waals surface area contributed by atoms with Crippen molar-refractivity contribution in [2.75, 3.05) is 13.2 Å². The summed E-state index contributed by atoms with van der Waals surface area (Å²) in [6, 6.07) is 0. The molecule has 1 rings (SSSR count). The van der Waals surface area contributed by atoms with E-state index in [9.17, 15) is 0 Å². The van der Waals surface area contributed by atoms with Gasteiger partial charge < -0.3 is 20.1 Å². The monoisotopic (exact) mass is 162 g/mol. The van der Waals surface area contributed by atoms with E-state index in [1.165, 1.54) is 0 Å². The van der Waals surface area contributed by atoms with Crippen LogP contribution in [0.15, 0.2) is 0 Å². The molecule has 1 saturated heterocycles. The molecule has 0 spiro atoms. The van der Waals surface area contributed by atoms with Crippen LogP contribution in [0.5, 0.6) is 0 Å². The van der Waals surface area contributed by atoms with E-state index in [0.717, 1.165) is 6.42 Å². The van der Waals surface area contributed by atoms with Gasteiger partial charge in [-0.05, 0) is 12.8 Å². The van der Waals surface area contributed by atoms with Crippen molar-refractivity contribution in [3.63, 3.8) is 0 Å². The topological polar surface area (TPSA) is 69.9 Å². The van der Waals surface area contributed by atoms with Gasteiger partial charge in [0.15, 0.2) is 0 Å². The summed E-state index contributed by atoms with van der Waals surface area (Å²) >= 11 is 0. The van der Waals surface area contributed by atoms with Gasteiger partial charge in [0.25, 0.3) is 0 Å². The Kier molecular flexibility index (Phi) is 3.26. The van der Waals surface area contributed by atoms with Crippen molar-refractivity contribution in [3.05, 3.63) is 0 Å². The highest BCUT2D eigenvalue weighted by atomic mass is 16.5. The van der Waals surface area contributed by atoms with E-state index in [1.807, 2.05) is 0 Å². The lowest BCUT2D eigenvalue weighted by Crippen LogP contribution is -2.30. The van der Waals surface area contributed by atoms with Gasteiger partial charge in [-0.1, -0.05) is 0 Å². The van der Waals surface area contributed by atoms with Crippen LogP contribution in [-0.2, 0) is 4.74 Å². The molecule has 4 heteroatoms. The summed E-state index contributed by atoms with van der Waals surface area (Å²) in [4.78, 5) is 0. The molecule has 0 aromatic heterocycles. The third kappa shape index (κ3) is 2.13. The molecule has 1 fully saturated rings. The number of rotatable bonds is 3. The van der Waals surface area contributed by atoms with Crippen LogP contribution in [0, 0.1) is 0 Å². The lowest BCUT2D eigenvalue weighted by atomic mass is 10.1. The standard InChI is InChI=1S/C7H14O4/c8-3-5-1-2-7(11-5)6(10)4-9/h5-10H,1-4H2/t5-,6+,7+/m1/s1. The van der Waals surface area contributed by atoms with Gasteiger partial charge in [-0.2, -0.15) is 0 Å². The lowest BCUT2D eigenvalue weighted by molar-refractivity contribution is -0.0646. The van der Waals surface area contributed by atoms with Crippen LogP contribution in [0.1, 0.15) is 12.8 Å². The van der Waals surface area contributed by atoms with Crippen molar-refractivity contribution in [3.8, 4) is 0 Å². The predicted octanol–water partition coefficient (Wildman–Crippen LogP) is -1.12. The minimum Gasteiger partial charge on any atom is -0.394 e. The van der Waals surface area contributed by atoms with Crippen molar-refractivity contribution in [1.82, 2.24) is 0 Å². The molecule has 0 amide bonds. The van der Waals surface area contributed by atoms with E-state index in [2.05, 4.69) is 0 Å². The minimum absolute atomic E-state index is 0.00531. The number of hydrogen-bond donors (Lipinski definition) is 3. The third-order valence-corrected chi connectivity index (χ3v) is 1.96. The zero-order valence-electron chi connectivity index (χ0n) is 6.31. The molecule has 0 bridgehead atoms. The molecule has 1 aliphatic heterocycles. The molecule has 3 N–H and O–H groups in total. The largest absolute Gasteiger partial charge is 0.394 e. The summed E-state index contributed by atoms with van der Waals surface area (Å²) in [7, 11) is 0.